The van der Waals surface area contributed by atoms with E-state index in [1.165, 1.54) is 73.4 Å². The molecule has 6 fully saturated rings. The topological polar surface area (TPSA) is 74.6 Å². The van der Waals surface area contributed by atoms with Crippen molar-refractivity contribution in [3.63, 3.8) is 0 Å². The lowest BCUT2D eigenvalue weighted by Gasteiger charge is -2.56. The van der Waals surface area contributed by atoms with Crippen LogP contribution in [0.15, 0.2) is 0 Å². The highest BCUT2D eigenvalue weighted by molar-refractivity contribution is 5.75. The van der Waals surface area contributed by atoms with Gasteiger partial charge >= 0.3 is 11.9 Å². The lowest BCUT2D eigenvalue weighted by Crippen LogP contribution is -2.64. The van der Waals surface area contributed by atoms with E-state index in [2.05, 4.69) is 14.1 Å². The van der Waals surface area contributed by atoms with Gasteiger partial charge in [-0.05, 0) is 50.4 Å². The lowest BCUT2D eigenvalue weighted by atomic mass is 9.56. The van der Waals surface area contributed by atoms with Gasteiger partial charge in [-0.1, -0.05) is 12.8 Å². The molecule has 0 aromatic rings. The second-order valence-corrected chi connectivity index (χ2v) is 15.4. The third-order valence-electron chi connectivity index (χ3n) is 13.3. The first-order valence-corrected chi connectivity index (χ1v) is 16.3. The van der Waals surface area contributed by atoms with Crippen LogP contribution in [0.25, 0.3) is 0 Å². The van der Waals surface area contributed by atoms with Gasteiger partial charge in [-0.3, -0.25) is 9.59 Å². The molecule has 0 aromatic carbocycles. The molecular formula is C32H54N2O4+2. The summed E-state index contributed by atoms with van der Waals surface area (Å²) in [5.74, 6) is 1.14. The first-order valence-electron chi connectivity index (χ1n) is 16.3. The van der Waals surface area contributed by atoms with E-state index in [9.17, 15) is 14.7 Å². The number of hydrogen-bond donors (Lipinski definition) is 2. The van der Waals surface area contributed by atoms with E-state index in [1.807, 2.05) is 0 Å². The van der Waals surface area contributed by atoms with E-state index in [-0.39, 0.29) is 18.3 Å². The van der Waals surface area contributed by atoms with Gasteiger partial charge in [0.1, 0.15) is 0 Å². The van der Waals surface area contributed by atoms with Gasteiger partial charge in [0.25, 0.3) is 0 Å². The molecule has 6 rings (SSSR count). The second-order valence-electron chi connectivity index (χ2n) is 15.4. The molecule has 4 saturated heterocycles. The Labute approximate surface area is 230 Å². The first-order chi connectivity index (χ1) is 18.1. The zero-order valence-corrected chi connectivity index (χ0v) is 24.2. The summed E-state index contributed by atoms with van der Waals surface area (Å²) in [7, 11) is 5.01. The molecule has 6 heteroatoms. The zero-order chi connectivity index (χ0) is 26.7. The van der Waals surface area contributed by atoms with Crippen molar-refractivity contribution in [1.82, 2.24) is 0 Å². The third-order valence-corrected chi connectivity index (χ3v) is 13.3. The summed E-state index contributed by atoms with van der Waals surface area (Å²) < 4.78 is 2.45. The quantitative estimate of drug-likeness (QED) is 0.237. The normalized spacial score (nSPS) is 43.6. The maximum atomic E-state index is 13.7. The molecule has 0 amide bonds. The first kappa shape index (κ1) is 27.1. The number of carbonyl (C=O) groups is 2. The Bertz CT molecular complexity index is 831. The largest absolute Gasteiger partial charge is 0.481 e. The fourth-order valence-corrected chi connectivity index (χ4v) is 10.7. The predicted molar refractivity (Wildman–Crippen MR) is 147 cm³/mol. The van der Waals surface area contributed by atoms with Crippen LogP contribution in [0.5, 0.6) is 0 Å². The summed E-state index contributed by atoms with van der Waals surface area (Å²) >= 11 is 0. The van der Waals surface area contributed by atoms with Gasteiger partial charge < -0.3 is 19.2 Å². The molecule has 4 bridgehead atoms. The van der Waals surface area contributed by atoms with Crippen LogP contribution in [0.1, 0.15) is 109 Å². The summed E-state index contributed by atoms with van der Waals surface area (Å²) in [6, 6.07) is 2.56. The average Bonchev–Trinajstić information content (AvgIpc) is 3.76. The van der Waals surface area contributed by atoms with Crippen LogP contribution in [0, 0.1) is 29.1 Å². The molecule has 4 atom stereocenters. The average molecular weight is 531 g/mol. The molecule has 214 valence electrons. The highest BCUT2D eigenvalue weighted by atomic mass is 16.4. The minimum absolute atomic E-state index is 0.204. The van der Waals surface area contributed by atoms with Crippen LogP contribution < -0.4 is 0 Å². The summed E-state index contributed by atoms with van der Waals surface area (Å²) in [5, 5.41) is 20.4. The van der Waals surface area contributed by atoms with Gasteiger partial charge in [0.2, 0.25) is 0 Å². The number of carboxylic acid groups (broad SMARTS) is 2. The van der Waals surface area contributed by atoms with Crippen molar-refractivity contribution in [1.29, 1.82) is 0 Å². The molecule has 4 aliphatic heterocycles. The maximum Gasteiger partial charge on any atom is 0.310 e. The highest BCUT2D eigenvalue weighted by Crippen LogP contribution is 2.59. The van der Waals surface area contributed by atoms with E-state index >= 15 is 0 Å². The summed E-state index contributed by atoms with van der Waals surface area (Å²) in [6.45, 7) is 2.64. The molecule has 2 saturated carbocycles. The summed E-state index contributed by atoms with van der Waals surface area (Å²) in [5.41, 5.74) is -0.624. The SMILES string of the molecule is C[N+]1(CC2CC2)C2CCC1CC(C(CCCCCC(=O)O)(C(=O)O)C1CC3CCC(C1)[N+]3(C)CC1CC1)C2. The van der Waals surface area contributed by atoms with Crippen LogP contribution >= 0.6 is 0 Å². The number of nitrogens with zero attached hydrogens (tertiary/aromatic N) is 2. The predicted octanol–water partition coefficient (Wildman–Crippen LogP) is 5.69. The Hall–Kier alpha value is -1.14. The van der Waals surface area contributed by atoms with Crippen molar-refractivity contribution in [2.75, 3.05) is 27.2 Å². The minimum atomic E-state index is -0.734. The van der Waals surface area contributed by atoms with Gasteiger partial charge in [-0.25, -0.2) is 0 Å². The smallest absolute Gasteiger partial charge is 0.310 e. The number of quaternary nitrogens is 2. The second kappa shape index (κ2) is 10.0. The fraction of sp³-hybridized carbons (Fsp3) is 0.938. The third kappa shape index (κ3) is 4.74. The number of aliphatic carboxylic acids is 2. The molecule has 0 aromatic heterocycles. The number of unbranched alkanes of at least 4 members (excludes halogenated alkanes) is 2. The molecule has 0 spiro atoms. The Morgan fingerprint density at radius 1 is 0.658 bits per heavy atom. The molecule has 6 aliphatic rings. The van der Waals surface area contributed by atoms with E-state index in [0.29, 0.717) is 30.6 Å². The Balaban J connectivity index is 1.25. The van der Waals surface area contributed by atoms with Crippen molar-refractivity contribution in [3.8, 4) is 0 Å². The lowest BCUT2D eigenvalue weighted by molar-refractivity contribution is -0.952. The zero-order valence-electron chi connectivity index (χ0n) is 24.2. The highest BCUT2D eigenvalue weighted by Gasteiger charge is 2.64. The molecule has 2 aliphatic carbocycles. The van der Waals surface area contributed by atoms with Gasteiger partial charge in [0.15, 0.2) is 0 Å². The maximum absolute atomic E-state index is 13.7. The van der Waals surface area contributed by atoms with Crippen molar-refractivity contribution >= 4 is 11.9 Å². The molecule has 4 heterocycles. The molecule has 4 unspecified atom stereocenters. The summed E-state index contributed by atoms with van der Waals surface area (Å²) in [6.07, 6.45) is 18.4. The van der Waals surface area contributed by atoms with E-state index < -0.39 is 17.4 Å². The molecule has 0 radical (unpaired) electrons. The van der Waals surface area contributed by atoms with Gasteiger partial charge in [0.05, 0.1) is 56.8 Å². The number of fused-ring (bicyclic) bond motifs is 4. The van der Waals surface area contributed by atoms with Crippen molar-refractivity contribution < 1.29 is 28.8 Å². The fourth-order valence-electron chi connectivity index (χ4n) is 10.7. The van der Waals surface area contributed by atoms with Gasteiger partial charge in [-0.2, -0.15) is 0 Å². The molecule has 6 nitrogen and oxygen atoms in total. The van der Waals surface area contributed by atoms with Crippen LogP contribution in [-0.2, 0) is 9.59 Å². The number of rotatable bonds is 13. The number of carboxylic acids is 2. The summed E-state index contributed by atoms with van der Waals surface area (Å²) in [4.78, 5) is 24.8. The van der Waals surface area contributed by atoms with Gasteiger partial charge in [0, 0.05) is 69.6 Å². The Kier molecular flexibility index (Phi) is 7.15. The molecule has 2 N–H and O–H groups in total. The minimum Gasteiger partial charge on any atom is -0.481 e. The molecular weight excluding hydrogens is 476 g/mol. The van der Waals surface area contributed by atoms with Crippen LogP contribution in [-0.4, -0.2) is 82.5 Å². The van der Waals surface area contributed by atoms with E-state index in [4.69, 9.17) is 5.11 Å². The Morgan fingerprint density at radius 3 is 1.42 bits per heavy atom. The Morgan fingerprint density at radius 2 is 1.08 bits per heavy atom. The van der Waals surface area contributed by atoms with Crippen molar-refractivity contribution in [2.45, 2.75) is 133 Å². The van der Waals surface area contributed by atoms with Gasteiger partial charge in [-0.15, -0.1) is 0 Å². The van der Waals surface area contributed by atoms with Crippen molar-refractivity contribution in [2.24, 2.45) is 29.1 Å². The van der Waals surface area contributed by atoms with Crippen LogP contribution in [0.2, 0.25) is 0 Å². The van der Waals surface area contributed by atoms with E-state index in [0.717, 1.165) is 56.8 Å². The van der Waals surface area contributed by atoms with Crippen molar-refractivity contribution in [3.05, 3.63) is 0 Å². The number of piperidine rings is 2. The molecule has 38 heavy (non-hydrogen) atoms. The van der Waals surface area contributed by atoms with Crippen LogP contribution in [0.3, 0.4) is 0 Å². The van der Waals surface area contributed by atoms with Crippen LogP contribution in [0.4, 0.5) is 0 Å². The number of hydrogen-bond acceptors (Lipinski definition) is 2. The monoisotopic (exact) mass is 530 g/mol. The standard InChI is InChI=1S/C32H52N2O4/c1-33(20-22-7-8-22)26-11-12-27(33)17-24(16-26)32(31(37)38,15-5-3-4-6-30(35)36)25-18-28-13-14-29(19-25)34(28,2)21-23-9-10-23/h22-29H,3-21H2,1-2H3/p+2. The van der Waals surface area contributed by atoms with E-state index in [1.54, 1.807) is 0 Å².